The first-order valence-electron chi connectivity index (χ1n) is 14.5. The van der Waals surface area contributed by atoms with E-state index in [4.69, 9.17) is 0 Å². The molecule has 0 aliphatic heterocycles. The van der Waals surface area contributed by atoms with Crippen LogP contribution in [0.25, 0.3) is 11.1 Å². The second-order valence-corrected chi connectivity index (χ2v) is 13.9. The number of halogens is 2. The summed E-state index contributed by atoms with van der Waals surface area (Å²) in [4.78, 5) is 0. The number of hydrogen-bond acceptors (Lipinski definition) is 0. The zero-order valence-corrected chi connectivity index (χ0v) is 29.8. The van der Waals surface area contributed by atoms with Crippen molar-refractivity contribution < 1.29 is 49.0 Å². The van der Waals surface area contributed by atoms with Crippen LogP contribution in [0.5, 0.6) is 0 Å². The van der Waals surface area contributed by atoms with Crippen molar-refractivity contribution in [3.8, 4) is 11.1 Å². The maximum atomic E-state index is 3.54. The third kappa shape index (κ3) is 8.92. The van der Waals surface area contributed by atoms with E-state index in [1.807, 2.05) is 6.07 Å². The van der Waals surface area contributed by atoms with E-state index in [-0.39, 0.29) is 24.8 Å². The minimum absolute atomic E-state index is 0. The van der Waals surface area contributed by atoms with E-state index in [2.05, 4.69) is 115 Å². The van der Waals surface area contributed by atoms with Crippen LogP contribution in [-0.2, 0) is 36.1 Å². The zero-order chi connectivity index (χ0) is 28.2. The van der Waals surface area contributed by atoms with E-state index >= 15 is 0 Å². The first-order valence-corrected chi connectivity index (χ1v) is 15.8. The van der Waals surface area contributed by atoms with Crippen LogP contribution in [0.3, 0.4) is 0 Å². The van der Waals surface area contributed by atoms with Gasteiger partial charge in [0.25, 0.3) is 0 Å². The smallest absolute Gasteiger partial charge is 0.0253 e. The van der Waals surface area contributed by atoms with Gasteiger partial charge in [-0.2, -0.15) is 46.5 Å². The van der Waals surface area contributed by atoms with E-state index < -0.39 is 0 Å². The summed E-state index contributed by atoms with van der Waals surface area (Å²) in [5, 5.41) is 0. The fourth-order valence-electron chi connectivity index (χ4n) is 5.89. The standard InChI is InChI=1S/C17H17.C13H19.C8H8.2ClH.Zr/c1-10-5-14-9-15-6-11(2)13(4)8-17(15)16(14)7-12(10)3;1-11-6-7-12(10-11)13(2)8-4-3-5-9-13;1-2-8-6-4-3-5-7-8;;;/h5,7-8H,9H2,1-4H3;6-7,10H,3-5,8-9H2,1-2H3;3-7H,1H3;2*1H;/q2*-1;;;;+2/p-2. The fourth-order valence-corrected chi connectivity index (χ4v) is 6.30. The molecular weight excluding hydrogens is 619 g/mol. The summed E-state index contributed by atoms with van der Waals surface area (Å²) in [5.41, 5.74) is 15.9. The quantitative estimate of drug-likeness (QED) is 0.251. The molecule has 0 N–H and O–H groups in total. The van der Waals surface area contributed by atoms with Gasteiger partial charge in [-0.15, -0.1) is 11.1 Å². The van der Waals surface area contributed by atoms with Gasteiger partial charge in [0.1, 0.15) is 0 Å². The van der Waals surface area contributed by atoms with Gasteiger partial charge in [-0.1, -0.05) is 82.9 Å². The van der Waals surface area contributed by atoms with E-state index in [1.54, 1.807) is 5.56 Å². The van der Waals surface area contributed by atoms with Gasteiger partial charge < -0.3 is 24.8 Å². The van der Waals surface area contributed by atoms with Crippen molar-refractivity contribution in [2.75, 3.05) is 0 Å². The summed E-state index contributed by atoms with van der Waals surface area (Å²) < 4.78 is 1.46. The first kappa shape index (κ1) is 35.5. The molecule has 0 spiro atoms. The molecule has 2 aliphatic rings. The number of rotatable bonds is 2. The van der Waals surface area contributed by atoms with Gasteiger partial charge in [-0.05, 0) is 37.0 Å². The molecule has 0 saturated heterocycles. The minimum atomic E-state index is 0. The molecule has 3 heteroatoms. The molecule has 1 fully saturated rings. The van der Waals surface area contributed by atoms with Crippen molar-refractivity contribution in [2.24, 2.45) is 0 Å². The second-order valence-electron chi connectivity index (χ2n) is 12.0. The molecule has 0 nitrogen and oxygen atoms in total. The largest absolute Gasteiger partial charge is 1.00 e. The van der Waals surface area contributed by atoms with Crippen molar-refractivity contribution in [3.05, 3.63) is 123 Å². The molecule has 6 rings (SSSR count). The predicted molar refractivity (Wildman–Crippen MR) is 166 cm³/mol. The first-order chi connectivity index (χ1) is 18.6. The van der Waals surface area contributed by atoms with Crippen LogP contribution in [0.2, 0.25) is 0 Å². The molecule has 2 aliphatic carbocycles. The third-order valence-electron chi connectivity index (χ3n) is 8.76. The van der Waals surface area contributed by atoms with E-state index in [0.29, 0.717) is 5.41 Å². The minimum Gasteiger partial charge on any atom is -1.00 e. The maximum Gasteiger partial charge on any atom is -0.0253 e. The normalized spacial score (nSPS) is 14.1. The van der Waals surface area contributed by atoms with Crippen molar-refractivity contribution in [1.82, 2.24) is 0 Å². The van der Waals surface area contributed by atoms with Gasteiger partial charge in [-0.3, -0.25) is 0 Å². The summed E-state index contributed by atoms with van der Waals surface area (Å²) in [6.45, 7) is 15.5. The Bertz CT molecular complexity index is 1380. The summed E-state index contributed by atoms with van der Waals surface area (Å²) in [6, 6.07) is 27.9. The third-order valence-corrected chi connectivity index (χ3v) is 9.47. The Kier molecular flexibility index (Phi) is 13.6. The molecule has 0 aromatic heterocycles. The van der Waals surface area contributed by atoms with Gasteiger partial charge in [0.05, 0.1) is 0 Å². The summed E-state index contributed by atoms with van der Waals surface area (Å²) >= 11 is 1.51. The Morgan fingerprint density at radius 1 is 0.805 bits per heavy atom. The number of fused-ring (bicyclic) bond motifs is 3. The van der Waals surface area contributed by atoms with Crippen LogP contribution in [0.4, 0.5) is 0 Å². The maximum absolute atomic E-state index is 3.54. The summed E-state index contributed by atoms with van der Waals surface area (Å²) in [7, 11) is 0. The number of hydrogen-bond donors (Lipinski definition) is 0. The van der Waals surface area contributed by atoms with E-state index in [9.17, 15) is 0 Å². The molecule has 0 atom stereocenters. The Labute approximate surface area is 276 Å². The molecule has 1 saturated carbocycles. The molecule has 0 heterocycles. The molecule has 41 heavy (non-hydrogen) atoms. The summed E-state index contributed by atoms with van der Waals surface area (Å²) in [6.07, 6.45) is 8.09. The number of benzene rings is 3. The SMILES string of the molecule is C[C](=[Zr+2])c1ccccc1.Cc1[c-]c2c(cc1C)-c1cc(C)c(C)cc1C2.Cc1cc(C2(C)CCCCC2)c[cH-]1.[Cl-].[Cl-]. The molecule has 0 radical (unpaired) electrons. The average molecular weight is 663 g/mol. The van der Waals surface area contributed by atoms with E-state index in [0.717, 1.165) is 6.42 Å². The fraction of sp³-hybridized carbons (Fsp3) is 0.368. The van der Waals surface area contributed by atoms with Crippen LogP contribution in [-0.4, -0.2) is 3.21 Å². The predicted octanol–water partition coefficient (Wildman–Crippen LogP) is 4.01. The van der Waals surface area contributed by atoms with Gasteiger partial charge in [0.2, 0.25) is 0 Å². The topological polar surface area (TPSA) is 0 Å². The molecule has 0 amide bonds. The van der Waals surface area contributed by atoms with Crippen molar-refractivity contribution in [1.29, 1.82) is 0 Å². The van der Waals surface area contributed by atoms with Crippen LogP contribution in [0.15, 0.2) is 66.7 Å². The van der Waals surface area contributed by atoms with Gasteiger partial charge in [0.15, 0.2) is 0 Å². The Morgan fingerprint density at radius 3 is 1.98 bits per heavy atom. The van der Waals surface area contributed by atoms with Gasteiger partial charge in [0, 0.05) is 0 Å². The van der Waals surface area contributed by atoms with E-state index in [1.165, 1.54) is 115 Å². The average Bonchev–Trinajstić information content (AvgIpc) is 3.50. The summed E-state index contributed by atoms with van der Waals surface area (Å²) in [5.74, 6) is 0. The molecule has 4 aromatic carbocycles. The molecule has 4 aromatic rings. The van der Waals surface area contributed by atoms with Crippen LogP contribution >= 0.6 is 0 Å². The molecular formula is C38H44Cl2Zr-2. The van der Waals surface area contributed by atoms with Gasteiger partial charge in [-0.25, -0.2) is 6.07 Å². The Morgan fingerprint density at radius 2 is 1.41 bits per heavy atom. The van der Waals surface area contributed by atoms with Gasteiger partial charge >= 0.3 is 70.3 Å². The monoisotopic (exact) mass is 660 g/mol. The van der Waals surface area contributed by atoms with Crippen molar-refractivity contribution in [2.45, 2.75) is 92.4 Å². The van der Waals surface area contributed by atoms with Crippen LogP contribution < -0.4 is 24.8 Å². The molecule has 216 valence electrons. The Balaban J connectivity index is 0.000000220. The van der Waals surface area contributed by atoms with Crippen LogP contribution in [0, 0.1) is 40.7 Å². The Hall–Kier alpha value is -1.66. The number of aryl methyl sites for hydroxylation is 5. The second kappa shape index (κ2) is 15.7. The van der Waals surface area contributed by atoms with Crippen molar-refractivity contribution >= 4 is 3.21 Å². The molecule has 0 unspecified atom stereocenters. The van der Waals surface area contributed by atoms with Crippen molar-refractivity contribution in [3.63, 3.8) is 0 Å². The van der Waals surface area contributed by atoms with Crippen LogP contribution in [0.1, 0.15) is 96.0 Å². The molecule has 0 bridgehead atoms. The zero-order valence-electron chi connectivity index (χ0n) is 25.8.